The van der Waals surface area contributed by atoms with Gasteiger partial charge in [0.05, 0.1) is 0 Å². The number of nitrogens with zero attached hydrogens (tertiary/aromatic N) is 2. The maximum atomic E-state index is 12.8. The fourth-order valence-corrected chi connectivity index (χ4v) is 4.25. The Labute approximate surface area is 169 Å². The van der Waals surface area contributed by atoms with Crippen LogP contribution < -0.4 is 5.32 Å². The quantitative estimate of drug-likeness (QED) is 0.409. The van der Waals surface area contributed by atoms with Gasteiger partial charge in [0, 0.05) is 31.3 Å². The number of unbranched alkanes of at least 4 members (excludes halogenated alkanes) is 4. The summed E-state index contributed by atoms with van der Waals surface area (Å²) in [5.41, 5.74) is -0.819. The van der Waals surface area contributed by atoms with E-state index in [0.717, 1.165) is 0 Å². The van der Waals surface area contributed by atoms with Crippen LogP contribution in [0.5, 0.6) is 0 Å². The number of aliphatic imine (C=N–C) groups is 1. The van der Waals surface area contributed by atoms with E-state index < -0.39 is 35.0 Å². The molecule has 11 heteroatoms. The third-order valence-corrected chi connectivity index (χ3v) is 6.45. The summed E-state index contributed by atoms with van der Waals surface area (Å²) in [5.74, 6) is -4.21. The third kappa shape index (κ3) is 6.07. The molecule has 2 rings (SSSR count). The molecule has 1 amide bonds. The van der Waals surface area contributed by atoms with Crippen molar-refractivity contribution in [2.75, 3.05) is 13.1 Å². The Kier molecular flexibility index (Phi) is 7.94. The van der Waals surface area contributed by atoms with Gasteiger partial charge in [0.15, 0.2) is 0 Å². The summed E-state index contributed by atoms with van der Waals surface area (Å²) in [6.45, 7) is 4.45. The van der Waals surface area contributed by atoms with Gasteiger partial charge in [0.2, 0.25) is 0 Å². The van der Waals surface area contributed by atoms with Crippen molar-refractivity contribution in [1.82, 2.24) is 9.62 Å². The molecule has 0 aromatic carbocycles. The van der Waals surface area contributed by atoms with Crippen molar-refractivity contribution in [3.8, 4) is 0 Å². The van der Waals surface area contributed by atoms with Crippen LogP contribution in [0.15, 0.2) is 17.0 Å². The molecule has 0 bridgehead atoms. The molecule has 2 aliphatic rings. The van der Waals surface area contributed by atoms with Gasteiger partial charge in [-0.15, -0.1) is 0 Å². The maximum Gasteiger partial charge on any atom is 0.453 e. The molecule has 0 aromatic rings. The summed E-state index contributed by atoms with van der Waals surface area (Å²) in [4.78, 5) is 16.9. The zero-order valence-electron chi connectivity index (χ0n) is 16.1. The highest BCUT2D eigenvalue weighted by atomic mass is 32.2. The highest BCUT2D eigenvalue weighted by Gasteiger charge is 2.56. The molecule has 1 spiro atoms. The van der Waals surface area contributed by atoms with Crippen molar-refractivity contribution < 1.29 is 31.0 Å². The number of piperidine rings is 1. The number of alkyl halides is 5. The zero-order valence-corrected chi connectivity index (χ0v) is 16.9. The van der Waals surface area contributed by atoms with E-state index in [9.17, 15) is 31.0 Å². The monoisotopic (exact) mass is 443 g/mol. The minimum absolute atomic E-state index is 0.161. The van der Waals surface area contributed by atoms with Crippen molar-refractivity contribution in [2.24, 2.45) is 4.99 Å². The fraction of sp³-hybridized carbons (Fsp3) is 0.778. The smallest absolute Gasteiger partial charge is 0.312 e. The normalized spacial score (nSPS) is 21.1. The summed E-state index contributed by atoms with van der Waals surface area (Å²) in [6, 6.07) is 0. The van der Waals surface area contributed by atoms with E-state index in [1.165, 1.54) is 5.41 Å². The second-order valence-electron chi connectivity index (χ2n) is 7.39. The molecule has 0 saturated carbocycles. The van der Waals surface area contributed by atoms with Crippen LogP contribution in [-0.4, -0.2) is 51.0 Å². The zero-order chi connectivity index (χ0) is 21.7. The van der Waals surface area contributed by atoms with Crippen LogP contribution in [0.2, 0.25) is 0 Å². The lowest BCUT2D eigenvalue weighted by atomic mass is 9.89. The standard InChI is InChI=1S/C18H26F5N3O2S/c1-2-29(28)26-12-10-16(11-13-26)15(27)24-14(25-16)8-6-4-3-5-7-9-17(19,20)18(21,22)23/h2H,1,3-13H2,(H,24,25,27). The van der Waals surface area contributed by atoms with Gasteiger partial charge in [-0.3, -0.25) is 9.79 Å². The van der Waals surface area contributed by atoms with Gasteiger partial charge in [-0.2, -0.15) is 22.0 Å². The number of rotatable bonds is 10. The molecule has 1 N–H and O–H groups in total. The first-order valence-electron chi connectivity index (χ1n) is 9.64. The predicted molar refractivity (Wildman–Crippen MR) is 101 cm³/mol. The van der Waals surface area contributed by atoms with Gasteiger partial charge in [-0.05, 0) is 25.7 Å². The first-order valence-corrected chi connectivity index (χ1v) is 10.8. The number of hydrogen-bond donors (Lipinski definition) is 1. The van der Waals surface area contributed by atoms with Gasteiger partial charge >= 0.3 is 12.1 Å². The molecule has 1 atom stereocenters. The summed E-state index contributed by atoms with van der Waals surface area (Å²) < 4.78 is 75.3. The van der Waals surface area contributed by atoms with E-state index >= 15 is 0 Å². The van der Waals surface area contributed by atoms with Crippen LogP contribution in [0.4, 0.5) is 22.0 Å². The van der Waals surface area contributed by atoms with E-state index in [4.69, 9.17) is 0 Å². The maximum absolute atomic E-state index is 12.8. The second-order valence-corrected chi connectivity index (χ2v) is 8.79. The minimum Gasteiger partial charge on any atom is -0.312 e. The van der Waals surface area contributed by atoms with Crippen molar-refractivity contribution >= 4 is 22.7 Å². The second kappa shape index (κ2) is 9.63. The van der Waals surface area contributed by atoms with Gasteiger partial charge in [-0.25, -0.2) is 8.51 Å². The summed E-state index contributed by atoms with van der Waals surface area (Å²) in [5, 5.41) is 4.14. The average Bonchev–Trinajstić information content (AvgIpc) is 2.95. The van der Waals surface area contributed by atoms with E-state index in [1.807, 2.05) is 0 Å². The lowest BCUT2D eigenvalue weighted by Crippen LogP contribution is -2.49. The predicted octanol–water partition coefficient (Wildman–Crippen LogP) is 4.08. The van der Waals surface area contributed by atoms with Crippen molar-refractivity contribution in [1.29, 1.82) is 0 Å². The fourth-order valence-electron chi connectivity index (χ4n) is 3.49. The Morgan fingerprint density at radius 1 is 1.10 bits per heavy atom. The first kappa shape index (κ1) is 23.9. The lowest BCUT2D eigenvalue weighted by Gasteiger charge is -2.33. The van der Waals surface area contributed by atoms with Gasteiger partial charge in [0.25, 0.3) is 5.91 Å². The minimum atomic E-state index is -5.49. The third-order valence-electron chi connectivity index (χ3n) is 5.30. The SMILES string of the molecule is C=CS(=O)N1CCC2(CC1)N=C(CCCCCCCC(F)(F)C(F)(F)F)NC2=O. The topological polar surface area (TPSA) is 61.8 Å². The molecule has 2 aliphatic heterocycles. The number of halogens is 5. The van der Waals surface area contributed by atoms with Gasteiger partial charge < -0.3 is 5.32 Å². The van der Waals surface area contributed by atoms with Gasteiger partial charge in [0.1, 0.15) is 22.4 Å². The van der Waals surface area contributed by atoms with E-state index in [-0.39, 0.29) is 12.3 Å². The summed E-state index contributed by atoms with van der Waals surface area (Å²) >= 11 is 0. The number of carbonyl (C=O) groups excluding carboxylic acids is 1. The highest BCUT2D eigenvalue weighted by molar-refractivity contribution is 7.85. The largest absolute Gasteiger partial charge is 0.453 e. The molecule has 1 fully saturated rings. The molecule has 0 aromatic heterocycles. The van der Waals surface area contributed by atoms with E-state index in [0.29, 0.717) is 63.9 Å². The van der Waals surface area contributed by atoms with Crippen LogP contribution in [0.1, 0.15) is 57.8 Å². The van der Waals surface area contributed by atoms with Crippen LogP contribution >= 0.6 is 0 Å². The Hall–Kier alpha value is -1.36. The number of amides is 1. The van der Waals surface area contributed by atoms with Crippen LogP contribution in [0, 0.1) is 0 Å². The molecule has 5 nitrogen and oxygen atoms in total. The Morgan fingerprint density at radius 2 is 1.69 bits per heavy atom. The molecule has 1 saturated heterocycles. The molecule has 166 valence electrons. The summed E-state index contributed by atoms with van der Waals surface area (Å²) in [7, 11) is -1.26. The number of nitrogens with one attached hydrogen (secondary N) is 1. The molecule has 0 aliphatic carbocycles. The Bertz CT molecular complexity index is 658. The number of hydrogen-bond acceptors (Lipinski definition) is 3. The highest BCUT2D eigenvalue weighted by Crippen LogP contribution is 2.39. The van der Waals surface area contributed by atoms with Gasteiger partial charge in [-0.1, -0.05) is 25.8 Å². The molecular formula is C18H26F5N3O2S. The average molecular weight is 443 g/mol. The molecule has 0 radical (unpaired) electrons. The molecule has 2 heterocycles. The Balaban J connectivity index is 1.68. The lowest BCUT2D eigenvalue weighted by molar-refractivity contribution is -0.284. The van der Waals surface area contributed by atoms with Crippen molar-refractivity contribution in [3.63, 3.8) is 0 Å². The van der Waals surface area contributed by atoms with E-state index in [2.05, 4.69) is 16.9 Å². The van der Waals surface area contributed by atoms with Crippen molar-refractivity contribution in [3.05, 3.63) is 12.0 Å². The van der Waals surface area contributed by atoms with Crippen molar-refractivity contribution in [2.45, 2.75) is 75.4 Å². The Morgan fingerprint density at radius 3 is 2.28 bits per heavy atom. The summed E-state index contributed by atoms with van der Waals surface area (Å²) in [6.07, 6.45) is -3.24. The molecule has 29 heavy (non-hydrogen) atoms. The number of amidine groups is 1. The molecule has 1 unspecified atom stereocenters. The number of carbonyl (C=O) groups is 1. The van der Waals surface area contributed by atoms with E-state index in [1.54, 1.807) is 4.31 Å². The molecular weight excluding hydrogens is 417 g/mol. The van der Waals surface area contributed by atoms with Crippen LogP contribution in [-0.2, 0) is 15.8 Å². The van der Waals surface area contributed by atoms with Crippen LogP contribution in [0.3, 0.4) is 0 Å². The first-order chi connectivity index (χ1) is 13.5. The van der Waals surface area contributed by atoms with Crippen LogP contribution in [0.25, 0.3) is 0 Å².